The van der Waals surface area contributed by atoms with Gasteiger partial charge in [0.05, 0.1) is 19.8 Å². The Morgan fingerprint density at radius 3 is 2.23 bits per heavy atom. The van der Waals surface area contributed by atoms with E-state index in [1.807, 2.05) is 13.8 Å². The summed E-state index contributed by atoms with van der Waals surface area (Å²) < 4.78 is 26.2. The van der Waals surface area contributed by atoms with Gasteiger partial charge < -0.3 is 29.0 Å². The van der Waals surface area contributed by atoms with E-state index in [1.165, 1.54) is 0 Å². The van der Waals surface area contributed by atoms with Crippen LogP contribution in [-0.4, -0.2) is 49.7 Å². The molecule has 1 atom stereocenters. The van der Waals surface area contributed by atoms with Crippen LogP contribution in [0, 0.1) is 0 Å². The van der Waals surface area contributed by atoms with Crippen LogP contribution in [0.2, 0.25) is 0 Å². The molecule has 1 aliphatic heterocycles. The molecule has 9 heteroatoms. The highest BCUT2D eigenvalue weighted by molar-refractivity contribution is 6.03. The van der Waals surface area contributed by atoms with Crippen LogP contribution >= 0.6 is 0 Å². The molecule has 1 aromatic rings. The van der Waals surface area contributed by atoms with Crippen LogP contribution in [0.3, 0.4) is 0 Å². The van der Waals surface area contributed by atoms with Gasteiger partial charge >= 0.3 is 23.8 Å². The van der Waals surface area contributed by atoms with E-state index in [-0.39, 0.29) is 30.8 Å². The molecule has 9 nitrogen and oxygen atoms in total. The molecule has 1 N–H and O–H groups in total. The fourth-order valence-electron chi connectivity index (χ4n) is 2.83. The van der Waals surface area contributed by atoms with Crippen molar-refractivity contribution in [2.24, 2.45) is 0 Å². The first-order valence-electron chi connectivity index (χ1n) is 10.1. The summed E-state index contributed by atoms with van der Waals surface area (Å²) in [6.07, 6.45) is 1.76. The van der Waals surface area contributed by atoms with Gasteiger partial charge in [0.25, 0.3) is 0 Å². The molecule has 0 aliphatic carbocycles. The fraction of sp³-hybridized carbons (Fsp3) is 0.571. The van der Waals surface area contributed by atoms with E-state index in [2.05, 4.69) is 5.32 Å². The first-order chi connectivity index (χ1) is 14.4. The maximum atomic E-state index is 12.4. The minimum atomic E-state index is -2.32. The topological polar surface area (TPSA) is 109 Å². The van der Waals surface area contributed by atoms with Crippen LogP contribution in [0.4, 0.5) is 4.79 Å². The molecule has 0 aromatic heterocycles. The summed E-state index contributed by atoms with van der Waals surface area (Å²) in [5.74, 6) is -3.84. The van der Waals surface area contributed by atoms with Crippen molar-refractivity contribution >= 4 is 18.0 Å². The number of hydrogen-bond donors (Lipinski definition) is 1. The number of ether oxygens (including phenoxy) is 5. The third kappa shape index (κ3) is 5.55. The molecule has 0 radical (unpaired) electrons. The maximum absolute atomic E-state index is 12.4. The van der Waals surface area contributed by atoms with Crippen LogP contribution in [0.15, 0.2) is 18.2 Å². The van der Waals surface area contributed by atoms with E-state index in [1.54, 1.807) is 32.0 Å². The Bertz CT molecular complexity index is 745. The SMILES string of the molecule is CCCCOC(=O)N[C@H](C)Cc1ccc2c(c1)OC(C(=O)OCC)(C(=O)OCC)O2. The third-order valence-electron chi connectivity index (χ3n) is 4.24. The standard InChI is InChI=1S/C21H29NO8/c1-5-8-11-28-20(25)22-14(4)12-15-9-10-16-17(13-15)30-21(29-16,18(23)26-6-2)19(24)27-7-3/h9-10,13-14H,5-8,11-12H2,1-4H3,(H,22,25)/t14-/m1/s1. The zero-order valence-electron chi connectivity index (χ0n) is 17.8. The lowest BCUT2D eigenvalue weighted by molar-refractivity contribution is -0.202. The third-order valence-corrected chi connectivity index (χ3v) is 4.24. The predicted molar refractivity (Wildman–Crippen MR) is 106 cm³/mol. The molecule has 1 aromatic carbocycles. The molecular formula is C21H29NO8. The van der Waals surface area contributed by atoms with E-state index >= 15 is 0 Å². The highest BCUT2D eigenvalue weighted by atomic mass is 16.8. The van der Waals surface area contributed by atoms with Gasteiger partial charge in [-0.3, -0.25) is 0 Å². The van der Waals surface area contributed by atoms with E-state index < -0.39 is 23.8 Å². The van der Waals surface area contributed by atoms with Crippen molar-refractivity contribution < 1.29 is 38.1 Å². The quantitative estimate of drug-likeness (QED) is 0.265. The van der Waals surface area contributed by atoms with Crippen molar-refractivity contribution in [3.05, 3.63) is 23.8 Å². The number of carbonyl (C=O) groups excluding carboxylic acids is 3. The number of amides is 1. The smallest absolute Gasteiger partial charge is 0.453 e. The zero-order valence-corrected chi connectivity index (χ0v) is 17.8. The van der Waals surface area contributed by atoms with Crippen molar-refractivity contribution in [1.29, 1.82) is 0 Å². The summed E-state index contributed by atoms with van der Waals surface area (Å²) in [4.78, 5) is 36.6. The molecule has 1 aliphatic rings. The minimum Gasteiger partial charge on any atom is -0.460 e. The van der Waals surface area contributed by atoms with Gasteiger partial charge in [-0.1, -0.05) is 19.4 Å². The number of hydrogen-bond acceptors (Lipinski definition) is 8. The van der Waals surface area contributed by atoms with Gasteiger partial charge in [0.1, 0.15) is 0 Å². The highest BCUT2D eigenvalue weighted by Gasteiger charge is 2.59. The van der Waals surface area contributed by atoms with Gasteiger partial charge in [-0.05, 0) is 51.3 Å². The van der Waals surface area contributed by atoms with E-state index in [4.69, 9.17) is 23.7 Å². The summed E-state index contributed by atoms with van der Waals surface area (Å²) in [5, 5.41) is 2.76. The number of benzene rings is 1. The van der Waals surface area contributed by atoms with Gasteiger partial charge in [-0.25, -0.2) is 14.4 Å². The number of rotatable bonds is 10. The molecule has 0 unspecified atom stereocenters. The van der Waals surface area contributed by atoms with E-state index in [0.29, 0.717) is 13.0 Å². The normalized spacial score (nSPS) is 14.5. The molecule has 2 rings (SSSR count). The lowest BCUT2D eigenvalue weighted by atomic mass is 10.1. The number of alkyl carbamates (subject to hydrolysis) is 1. The van der Waals surface area contributed by atoms with E-state index in [9.17, 15) is 14.4 Å². The molecule has 166 valence electrons. The molecule has 0 spiro atoms. The Morgan fingerprint density at radius 1 is 1.00 bits per heavy atom. The lowest BCUT2D eigenvalue weighted by Gasteiger charge is -2.22. The first-order valence-corrected chi connectivity index (χ1v) is 10.1. The Labute approximate surface area is 176 Å². The van der Waals surface area contributed by atoms with Crippen LogP contribution in [-0.2, 0) is 30.2 Å². The number of unbranched alkanes of at least 4 members (excludes halogenated alkanes) is 1. The van der Waals surface area contributed by atoms with Gasteiger partial charge in [0.15, 0.2) is 11.5 Å². The second kappa shape index (κ2) is 10.7. The molecule has 1 amide bonds. The Hall–Kier alpha value is -2.97. The van der Waals surface area contributed by atoms with Gasteiger partial charge in [0.2, 0.25) is 0 Å². The average Bonchev–Trinajstić information content (AvgIpc) is 3.08. The Morgan fingerprint density at radius 2 is 1.63 bits per heavy atom. The van der Waals surface area contributed by atoms with Crippen molar-refractivity contribution in [3.8, 4) is 11.5 Å². The minimum absolute atomic E-state index is 0.0475. The highest BCUT2D eigenvalue weighted by Crippen LogP contribution is 2.41. The zero-order chi connectivity index (χ0) is 22.1. The fourth-order valence-corrected chi connectivity index (χ4v) is 2.83. The summed E-state index contributed by atoms with van der Waals surface area (Å²) >= 11 is 0. The van der Waals surface area contributed by atoms with Crippen LogP contribution in [0.5, 0.6) is 11.5 Å². The largest absolute Gasteiger partial charge is 0.460 e. The van der Waals surface area contributed by atoms with Crippen molar-refractivity contribution in [2.45, 2.75) is 58.8 Å². The molecule has 30 heavy (non-hydrogen) atoms. The monoisotopic (exact) mass is 423 g/mol. The maximum Gasteiger partial charge on any atom is 0.453 e. The van der Waals surface area contributed by atoms with Crippen molar-refractivity contribution in [2.75, 3.05) is 19.8 Å². The molecule has 1 heterocycles. The molecule has 0 saturated carbocycles. The second-order valence-corrected chi connectivity index (χ2v) is 6.78. The number of nitrogens with one attached hydrogen (secondary N) is 1. The summed E-state index contributed by atoms with van der Waals surface area (Å²) in [7, 11) is 0. The number of carbonyl (C=O) groups is 3. The summed E-state index contributed by atoms with van der Waals surface area (Å²) in [6, 6.07) is 4.79. The van der Waals surface area contributed by atoms with Crippen molar-refractivity contribution in [3.63, 3.8) is 0 Å². The summed E-state index contributed by atoms with van der Waals surface area (Å²) in [5.41, 5.74) is 0.808. The van der Waals surface area contributed by atoms with E-state index in [0.717, 1.165) is 18.4 Å². The van der Waals surface area contributed by atoms with Crippen molar-refractivity contribution in [1.82, 2.24) is 5.32 Å². The Kier molecular flexibility index (Phi) is 8.32. The van der Waals surface area contributed by atoms with Gasteiger partial charge in [-0.15, -0.1) is 0 Å². The van der Waals surface area contributed by atoms with Gasteiger partial charge in [0, 0.05) is 6.04 Å². The molecule has 0 saturated heterocycles. The Balaban J connectivity index is 2.08. The van der Waals surface area contributed by atoms with Crippen LogP contribution < -0.4 is 14.8 Å². The van der Waals surface area contributed by atoms with Crippen LogP contribution in [0.25, 0.3) is 0 Å². The molecule has 0 bridgehead atoms. The number of fused-ring (bicyclic) bond motifs is 1. The molecule has 0 fully saturated rings. The average molecular weight is 423 g/mol. The number of esters is 2. The lowest BCUT2D eigenvalue weighted by Crippen LogP contribution is -2.55. The molecular weight excluding hydrogens is 394 g/mol. The first kappa shape index (κ1) is 23.3. The van der Waals surface area contributed by atoms with Gasteiger partial charge in [-0.2, -0.15) is 0 Å². The summed E-state index contributed by atoms with van der Waals surface area (Å²) in [6.45, 7) is 7.55. The second-order valence-electron chi connectivity index (χ2n) is 6.78. The predicted octanol–water partition coefficient (Wildman–Crippen LogP) is 2.74. The van der Waals surface area contributed by atoms with Crippen LogP contribution in [0.1, 0.15) is 46.1 Å².